The second kappa shape index (κ2) is 6.23. The first-order valence-electron chi connectivity index (χ1n) is 7.61. The Morgan fingerprint density at radius 1 is 1.00 bits per heavy atom. The van der Waals surface area contributed by atoms with E-state index in [0.717, 1.165) is 5.75 Å². The van der Waals surface area contributed by atoms with Gasteiger partial charge in [-0.25, -0.2) is 0 Å². The van der Waals surface area contributed by atoms with Gasteiger partial charge in [-0.2, -0.15) is 0 Å². The number of hydrogen-bond donors (Lipinski definition) is 0. The van der Waals surface area contributed by atoms with Crippen molar-refractivity contribution in [2.75, 3.05) is 0 Å². The van der Waals surface area contributed by atoms with Crippen LogP contribution in [0.15, 0.2) is 54.6 Å². The number of rotatable bonds is 5. The molecule has 1 saturated carbocycles. The molecule has 1 aliphatic rings. The highest BCUT2D eigenvalue weighted by atomic mass is 79.9. The molecule has 2 aromatic carbocycles. The summed E-state index contributed by atoms with van der Waals surface area (Å²) in [6, 6.07) is 19.3. The summed E-state index contributed by atoms with van der Waals surface area (Å²) in [4.78, 5) is 0.427. The molecule has 0 aromatic heterocycles. The van der Waals surface area contributed by atoms with E-state index in [-0.39, 0.29) is 6.10 Å². The van der Waals surface area contributed by atoms with Crippen molar-refractivity contribution in [3.05, 3.63) is 65.7 Å². The van der Waals surface area contributed by atoms with Gasteiger partial charge >= 0.3 is 0 Å². The summed E-state index contributed by atoms with van der Waals surface area (Å²) in [7, 11) is 0. The fourth-order valence-electron chi connectivity index (χ4n) is 2.87. The molecule has 0 heterocycles. The molecular weight excluding hydrogens is 324 g/mol. The maximum Gasteiger partial charge on any atom is 0.119 e. The molecule has 3 atom stereocenters. The van der Waals surface area contributed by atoms with E-state index in [4.69, 9.17) is 4.74 Å². The van der Waals surface area contributed by atoms with Gasteiger partial charge in [-0.1, -0.05) is 58.4 Å². The first kappa shape index (κ1) is 14.6. The van der Waals surface area contributed by atoms with Crippen molar-refractivity contribution in [3.8, 4) is 5.75 Å². The smallest absolute Gasteiger partial charge is 0.119 e. The van der Waals surface area contributed by atoms with E-state index < -0.39 is 0 Å². The van der Waals surface area contributed by atoms with Gasteiger partial charge in [0, 0.05) is 4.83 Å². The third kappa shape index (κ3) is 3.49. The zero-order chi connectivity index (χ0) is 14.8. The largest absolute Gasteiger partial charge is 0.491 e. The van der Waals surface area contributed by atoms with Gasteiger partial charge in [-0.05, 0) is 55.4 Å². The molecule has 1 fully saturated rings. The Kier molecular flexibility index (Phi) is 4.34. The maximum absolute atomic E-state index is 5.70. The van der Waals surface area contributed by atoms with E-state index in [1.807, 2.05) is 0 Å². The van der Waals surface area contributed by atoms with E-state index in [9.17, 15) is 0 Å². The number of benzene rings is 2. The number of alkyl halides is 1. The minimum atomic E-state index is 0.224. The van der Waals surface area contributed by atoms with Crippen molar-refractivity contribution in [2.45, 2.75) is 37.1 Å². The Balaban J connectivity index is 1.65. The summed E-state index contributed by atoms with van der Waals surface area (Å²) < 4.78 is 5.70. The van der Waals surface area contributed by atoms with Gasteiger partial charge in [0.25, 0.3) is 0 Å². The fraction of sp³-hybridized carbons (Fsp3) is 0.368. The highest BCUT2D eigenvalue weighted by Crippen LogP contribution is 2.57. The predicted octanol–water partition coefficient (Wildman–Crippen LogP) is 5.71. The van der Waals surface area contributed by atoms with Crippen LogP contribution in [0.5, 0.6) is 5.75 Å². The van der Waals surface area contributed by atoms with Crippen molar-refractivity contribution in [3.63, 3.8) is 0 Å². The first-order chi connectivity index (χ1) is 10.1. The lowest BCUT2D eigenvalue weighted by Gasteiger charge is -2.13. The summed E-state index contributed by atoms with van der Waals surface area (Å²) in [5.74, 6) is 2.34. The zero-order valence-electron chi connectivity index (χ0n) is 12.5. The Hall–Kier alpha value is -1.28. The molecule has 1 aliphatic carbocycles. The van der Waals surface area contributed by atoms with Crippen LogP contribution in [0.1, 0.15) is 42.1 Å². The van der Waals surface area contributed by atoms with Crippen LogP contribution in [-0.2, 0) is 0 Å². The van der Waals surface area contributed by atoms with Crippen LogP contribution in [0.25, 0.3) is 0 Å². The Morgan fingerprint density at radius 2 is 1.67 bits per heavy atom. The Morgan fingerprint density at radius 3 is 2.29 bits per heavy atom. The van der Waals surface area contributed by atoms with Crippen molar-refractivity contribution in [1.29, 1.82) is 0 Å². The van der Waals surface area contributed by atoms with Crippen LogP contribution in [0, 0.1) is 5.92 Å². The number of ether oxygens (including phenoxy) is 1. The van der Waals surface area contributed by atoms with Crippen LogP contribution in [0.3, 0.4) is 0 Å². The van der Waals surface area contributed by atoms with Gasteiger partial charge in [0.15, 0.2) is 0 Å². The average Bonchev–Trinajstić information content (AvgIpc) is 3.28. The van der Waals surface area contributed by atoms with Crippen molar-refractivity contribution in [2.24, 2.45) is 5.92 Å². The first-order valence-corrected chi connectivity index (χ1v) is 8.52. The standard InChI is InChI=1S/C19H21BrO/c1-13(2)21-16-10-8-15(9-11-16)19(20)18-12-17(18)14-6-4-3-5-7-14/h3-11,13,17-19H,12H2,1-2H3. The molecular formula is C19H21BrO. The van der Waals surface area contributed by atoms with E-state index in [2.05, 4.69) is 84.4 Å². The van der Waals surface area contributed by atoms with E-state index in [0.29, 0.717) is 16.7 Å². The number of halogens is 1. The molecule has 0 spiro atoms. The normalized spacial score (nSPS) is 22.1. The summed E-state index contributed by atoms with van der Waals surface area (Å²) in [5.41, 5.74) is 2.81. The van der Waals surface area contributed by atoms with Crippen molar-refractivity contribution in [1.82, 2.24) is 0 Å². The lowest BCUT2D eigenvalue weighted by Crippen LogP contribution is -2.05. The zero-order valence-corrected chi connectivity index (χ0v) is 14.1. The van der Waals surface area contributed by atoms with Gasteiger partial charge in [-0.15, -0.1) is 0 Å². The molecule has 0 aliphatic heterocycles. The fourth-order valence-corrected chi connectivity index (χ4v) is 3.76. The van der Waals surface area contributed by atoms with Crippen LogP contribution in [0.4, 0.5) is 0 Å². The summed E-state index contributed by atoms with van der Waals surface area (Å²) in [6.45, 7) is 4.10. The molecule has 21 heavy (non-hydrogen) atoms. The number of hydrogen-bond acceptors (Lipinski definition) is 1. The third-order valence-corrected chi connectivity index (χ3v) is 5.22. The molecule has 3 rings (SSSR count). The highest BCUT2D eigenvalue weighted by molar-refractivity contribution is 9.09. The van der Waals surface area contributed by atoms with Crippen molar-refractivity contribution >= 4 is 15.9 Å². The molecule has 2 heteroatoms. The average molecular weight is 345 g/mol. The van der Waals surface area contributed by atoms with E-state index in [1.165, 1.54) is 17.5 Å². The molecule has 0 N–H and O–H groups in total. The van der Waals surface area contributed by atoms with Gasteiger partial charge < -0.3 is 4.74 Å². The van der Waals surface area contributed by atoms with E-state index >= 15 is 0 Å². The molecule has 110 valence electrons. The van der Waals surface area contributed by atoms with Crippen LogP contribution in [0.2, 0.25) is 0 Å². The summed E-state index contributed by atoms with van der Waals surface area (Å²) >= 11 is 3.89. The molecule has 0 amide bonds. The molecule has 2 aromatic rings. The van der Waals surface area contributed by atoms with E-state index in [1.54, 1.807) is 0 Å². The predicted molar refractivity (Wildman–Crippen MR) is 91.2 cm³/mol. The Labute approximate surface area is 135 Å². The lowest BCUT2D eigenvalue weighted by molar-refractivity contribution is 0.242. The molecule has 1 nitrogen and oxygen atoms in total. The van der Waals surface area contributed by atoms with Crippen LogP contribution in [-0.4, -0.2) is 6.10 Å². The second-order valence-electron chi connectivity index (χ2n) is 6.05. The van der Waals surface area contributed by atoms with Crippen LogP contribution >= 0.6 is 15.9 Å². The monoisotopic (exact) mass is 344 g/mol. The molecule has 0 bridgehead atoms. The highest BCUT2D eigenvalue weighted by Gasteiger charge is 2.43. The molecule has 3 unspecified atom stereocenters. The van der Waals surface area contributed by atoms with Crippen molar-refractivity contribution < 1.29 is 4.74 Å². The SMILES string of the molecule is CC(C)Oc1ccc(C(Br)C2CC2c2ccccc2)cc1. The van der Waals surface area contributed by atoms with Gasteiger partial charge in [0.05, 0.1) is 6.10 Å². The summed E-state index contributed by atoms with van der Waals surface area (Å²) in [6.07, 6.45) is 1.49. The Bertz CT molecular complexity index is 576. The van der Waals surface area contributed by atoms with Gasteiger partial charge in [-0.3, -0.25) is 0 Å². The van der Waals surface area contributed by atoms with Gasteiger partial charge in [0.2, 0.25) is 0 Å². The minimum Gasteiger partial charge on any atom is -0.491 e. The van der Waals surface area contributed by atoms with Crippen LogP contribution < -0.4 is 4.74 Å². The molecule has 0 radical (unpaired) electrons. The third-order valence-electron chi connectivity index (χ3n) is 4.01. The maximum atomic E-state index is 5.70. The molecule has 0 saturated heterocycles. The minimum absolute atomic E-state index is 0.224. The topological polar surface area (TPSA) is 9.23 Å². The lowest BCUT2D eigenvalue weighted by atomic mass is 10.0. The van der Waals surface area contributed by atoms with Gasteiger partial charge in [0.1, 0.15) is 5.75 Å². The quantitative estimate of drug-likeness (QED) is 0.631. The summed E-state index contributed by atoms with van der Waals surface area (Å²) in [5, 5.41) is 0. The second-order valence-corrected chi connectivity index (χ2v) is 7.04.